The molecule has 0 unspecified atom stereocenters. The van der Waals surface area contributed by atoms with E-state index in [2.05, 4.69) is 65.7 Å². The Kier molecular flexibility index (Phi) is 5.23. The fraction of sp³-hybridized carbons (Fsp3) is 0.280. The van der Waals surface area contributed by atoms with Gasteiger partial charge in [0.15, 0.2) is 0 Å². The first kappa shape index (κ1) is 19.2. The van der Waals surface area contributed by atoms with Crippen LogP contribution in [-0.4, -0.2) is 28.9 Å². The zero-order chi connectivity index (χ0) is 20.5. The van der Waals surface area contributed by atoms with E-state index in [9.17, 15) is 4.79 Å². The van der Waals surface area contributed by atoms with Crippen molar-refractivity contribution >= 4 is 38.2 Å². The maximum Gasteiger partial charge on any atom is 0.234 e. The van der Waals surface area contributed by atoms with Gasteiger partial charge in [-0.1, -0.05) is 54.6 Å². The summed E-state index contributed by atoms with van der Waals surface area (Å²) in [6.45, 7) is 3.42. The molecule has 1 aromatic heterocycles. The summed E-state index contributed by atoms with van der Waals surface area (Å²) in [6, 6.07) is 23.1. The average molecular weight is 416 g/mol. The van der Waals surface area contributed by atoms with Crippen molar-refractivity contribution in [3.63, 3.8) is 0 Å². The molecular formula is C25H25N3OS. The van der Waals surface area contributed by atoms with E-state index >= 15 is 0 Å². The average Bonchev–Trinajstić information content (AvgIpc) is 3.39. The zero-order valence-corrected chi connectivity index (χ0v) is 17.9. The summed E-state index contributed by atoms with van der Waals surface area (Å²) >= 11 is 1.75. The van der Waals surface area contributed by atoms with Gasteiger partial charge in [-0.05, 0) is 54.8 Å². The van der Waals surface area contributed by atoms with Gasteiger partial charge in [0.1, 0.15) is 5.01 Å². The van der Waals surface area contributed by atoms with Crippen LogP contribution in [0.25, 0.3) is 21.0 Å². The molecule has 5 rings (SSSR count). The molecule has 0 aliphatic carbocycles. The van der Waals surface area contributed by atoms with Gasteiger partial charge in [0.05, 0.1) is 28.8 Å². The number of fused-ring (bicyclic) bond motifs is 2. The number of nitrogens with one attached hydrogen (secondary N) is 1. The third-order valence-corrected chi connectivity index (χ3v) is 7.11. The normalized spacial score (nSPS) is 18.1. The molecule has 2 atom stereocenters. The van der Waals surface area contributed by atoms with Crippen LogP contribution in [0.3, 0.4) is 0 Å². The first-order valence-corrected chi connectivity index (χ1v) is 11.4. The molecule has 0 radical (unpaired) electrons. The molecule has 1 fully saturated rings. The number of nitrogens with zero attached hydrogens (tertiary/aromatic N) is 2. The smallest absolute Gasteiger partial charge is 0.234 e. The number of amides is 1. The van der Waals surface area contributed by atoms with Crippen LogP contribution < -0.4 is 5.32 Å². The van der Waals surface area contributed by atoms with E-state index in [1.807, 2.05) is 18.2 Å². The zero-order valence-electron chi connectivity index (χ0n) is 17.0. The van der Waals surface area contributed by atoms with Gasteiger partial charge in [0, 0.05) is 0 Å². The molecule has 4 nitrogen and oxygen atoms in total. The first-order chi connectivity index (χ1) is 14.7. The summed E-state index contributed by atoms with van der Waals surface area (Å²) in [6.07, 6.45) is 2.17. The number of thiazole rings is 1. The quantitative estimate of drug-likeness (QED) is 0.470. The minimum atomic E-state index is -0.0351. The van der Waals surface area contributed by atoms with E-state index in [-0.39, 0.29) is 18.0 Å². The van der Waals surface area contributed by atoms with Gasteiger partial charge in [0.25, 0.3) is 0 Å². The van der Waals surface area contributed by atoms with Gasteiger partial charge in [-0.15, -0.1) is 11.3 Å². The molecule has 5 heteroatoms. The van der Waals surface area contributed by atoms with Crippen LogP contribution >= 0.6 is 11.3 Å². The van der Waals surface area contributed by atoms with E-state index in [0.29, 0.717) is 6.54 Å². The summed E-state index contributed by atoms with van der Waals surface area (Å²) in [7, 11) is 0. The maximum absolute atomic E-state index is 12.9. The Morgan fingerprint density at radius 3 is 2.83 bits per heavy atom. The maximum atomic E-state index is 12.9. The van der Waals surface area contributed by atoms with E-state index in [1.165, 1.54) is 15.5 Å². The summed E-state index contributed by atoms with van der Waals surface area (Å²) in [5.41, 5.74) is 2.21. The number of hydrogen-bond acceptors (Lipinski definition) is 4. The van der Waals surface area contributed by atoms with E-state index < -0.39 is 0 Å². The van der Waals surface area contributed by atoms with Crippen LogP contribution in [0.1, 0.15) is 42.4 Å². The first-order valence-electron chi connectivity index (χ1n) is 10.6. The molecule has 4 aromatic rings. The summed E-state index contributed by atoms with van der Waals surface area (Å²) in [5.74, 6) is 0.0726. The summed E-state index contributed by atoms with van der Waals surface area (Å²) < 4.78 is 1.22. The van der Waals surface area contributed by atoms with Gasteiger partial charge in [0.2, 0.25) is 5.91 Å². The lowest BCUT2D eigenvalue weighted by molar-refractivity contribution is -0.123. The molecule has 1 aliphatic heterocycles. The highest BCUT2D eigenvalue weighted by atomic mass is 32.1. The number of aromatic nitrogens is 1. The second-order valence-corrected chi connectivity index (χ2v) is 9.07. The van der Waals surface area contributed by atoms with Crippen molar-refractivity contribution < 1.29 is 4.79 Å². The Morgan fingerprint density at radius 2 is 1.93 bits per heavy atom. The number of likely N-dealkylation sites (tertiary alicyclic amines) is 1. The Hall–Kier alpha value is -2.76. The largest absolute Gasteiger partial charge is 0.348 e. The van der Waals surface area contributed by atoms with E-state index in [4.69, 9.17) is 4.98 Å². The SMILES string of the molecule is C[C@@H](NC(=O)CN1CCC[C@@H]1c1nc2ccccc2s1)c1cccc2ccccc12. The van der Waals surface area contributed by atoms with Crippen molar-refractivity contribution in [2.75, 3.05) is 13.1 Å². The Bertz CT molecular complexity index is 1160. The predicted molar refractivity (Wildman–Crippen MR) is 124 cm³/mol. The minimum absolute atomic E-state index is 0.0351. The molecule has 1 amide bonds. The second-order valence-electron chi connectivity index (χ2n) is 8.01. The number of para-hydroxylation sites is 1. The topological polar surface area (TPSA) is 45.2 Å². The molecule has 1 N–H and O–H groups in total. The van der Waals surface area contributed by atoms with Crippen LogP contribution in [0, 0.1) is 0 Å². The number of hydrogen-bond donors (Lipinski definition) is 1. The van der Waals surface area contributed by atoms with Gasteiger partial charge in [-0.25, -0.2) is 4.98 Å². The molecular weight excluding hydrogens is 390 g/mol. The predicted octanol–water partition coefficient (Wildman–Crippen LogP) is 5.46. The standard InChI is InChI=1S/C25H25N3OS/c1-17(19-11-6-9-18-8-2-3-10-20(18)19)26-24(29)16-28-15-7-13-22(28)25-27-21-12-4-5-14-23(21)30-25/h2-6,8-12,14,17,22H,7,13,15-16H2,1H3,(H,26,29)/t17-,22-/m1/s1. The van der Waals surface area contributed by atoms with Crippen molar-refractivity contribution in [3.05, 3.63) is 77.3 Å². The molecule has 152 valence electrons. The lowest BCUT2D eigenvalue weighted by atomic mass is 10.00. The Labute approximate surface area is 180 Å². The highest BCUT2D eigenvalue weighted by Crippen LogP contribution is 2.36. The highest BCUT2D eigenvalue weighted by molar-refractivity contribution is 7.18. The molecule has 3 aromatic carbocycles. The van der Waals surface area contributed by atoms with Crippen LogP contribution in [0.5, 0.6) is 0 Å². The fourth-order valence-corrected chi connectivity index (χ4v) is 5.64. The Morgan fingerprint density at radius 1 is 1.13 bits per heavy atom. The van der Waals surface area contributed by atoms with E-state index in [0.717, 1.165) is 35.5 Å². The molecule has 1 aliphatic rings. The van der Waals surface area contributed by atoms with Crippen molar-refractivity contribution in [2.45, 2.75) is 31.8 Å². The fourth-order valence-electron chi connectivity index (χ4n) is 4.50. The van der Waals surface area contributed by atoms with Gasteiger partial charge < -0.3 is 5.32 Å². The van der Waals surface area contributed by atoms with Crippen LogP contribution in [0.4, 0.5) is 0 Å². The molecule has 0 bridgehead atoms. The number of rotatable bonds is 5. The molecule has 0 spiro atoms. The van der Waals surface area contributed by atoms with Crippen LogP contribution in [-0.2, 0) is 4.79 Å². The molecule has 30 heavy (non-hydrogen) atoms. The lowest BCUT2D eigenvalue weighted by Crippen LogP contribution is -2.38. The number of benzene rings is 3. The number of carbonyl (C=O) groups excluding carboxylic acids is 1. The number of carbonyl (C=O) groups is 1. The van der Waals surface area contributed by atoms with Crippen molar-refractivity contribution in [2.24, 2.45) is 0 Å². The molecule has 0 saturated carbocycles. The van der Waals surface area contributed by atoms with Crippen LogP contribution in [0.2, 0.25) is 0 Å². The molecule has 1 saturated heterocycles. The van der Waals surface area contributed by atoms with Crippen LogP contribution in [0.15, 0.2) is 66.7 Å². The highest BCUT2D eigenvalue weighted by Gasteiger charge is 2.30. The molecule has 2 heterocycles. The van der Waals surface area contributed by atoms with Gasteiger partial charge >= 0.3 is 0 Å². The second kappa shape index (κ2) is 8.17. The minimum Gasteiger partial charge on any atom is -0.348 e. The monoisotopic (exact) mass is 415 g/mol. The third-order valence-electron chi connectivity index (χ3n) is 5.97. The Balaban J connectivity index is 1.29. The summed E-state index contributed by atoms with van der Waals surface area (Å²) in [5, 5.41) is 6.74. The van der Waals surface area contributed by atoms with Crippen molar-refractivity contribution in [1.82, 2.24) is 15.2 Å². The summed E-state index contributed by atoms with van der Waals surface area (Å²) in [4.78, 5) is 20.0. The lowest BCUT2D eigenvalue weighted by Gasteiger charge is -2.24. The van der Waals surface area contributed by atoms with E-state index in [1.54, 1.807) is 11.3 Å². The van der Waals surface area contributed by atoms with Gasteiger partial charge in [-0.2, -0.15) is 0 Å². The van der Waals surface area contributed by atoms with Crippen molar-refractivity contribution in [1.29, 1.82) is 0 Å². The van der Waals surface area contributed by atoms with Gasteiger partial charge in [-0.3, -0.25) is 9.69 Å². The third kappa shape index (κ3) is 3.71. The van der Waals surface area contributed by atoms with Crippen molar-refractivity contribution in [3.8, 4) is 0 Å².